The highest BCUT2D eigenvalue weighted by atomic mass is 19.2. The molecular formula is C19H17F2NO3. The number of hydrogen-bond acceptors (Lipinski definition) is 3. The van der Waals surface area contributed by atoms with Crippen LogP contribution in [0.3, 0.4) is 0 Å². The molecule has 1 unspecified atom stereocenters. The van der Waals surface area contributed by atoms with Crippen LogP contribution in [-0.4, -0.2) is 19.1 Å². The Morgan fingerprint density at radius 2 is 1.92 bits per heavy atom. The summed E-state index contributed by atoms with van der Waals surface area (Å²) in [6.45, 7) is 2.82. The van der Waals surface area contributed by atoms with E-state index in [0.717, 1.165) is 11.6 Å². The first-order valence-corrected chi connectivity index (χ1v) is 7.87. The van der Waals surface area contributed by atoms with Gasteiger partial charge in [-0.3, -0.25) is 4.79 Å². The lowest BCUT2D eigenvalue weighted by Gasteiger charge is -2.20. The van der Waals surface area contributed by atoms with Crippen molar-refractivity contribution in [2.24, 2.45) is 0 Å². The molecule has 2 aromatic carbocycles. The fraction of sp³-hybridized carbons (Fsp3) is 0.211. The number of hydrogen-bond donors (Lipinski definition) is 1. The fourth-order valence-electron chi connectivity index (χ4n) is 2.49. The summed E-state index contributed by atoms with van der Waals surface area (Å²) in [6, 6.07) is 8.97. The van der Waals surface area contributed by atoms with Crippen LogP contribution in [0.2, 0.25) is 0 Å². The van der Waals surface area contributed by atoms with Crippen LogP contribution >= 0.6 is 0 Å². The lowest BCUT2D eigenvalue weighted by Crippen LogP contribution is -2.25. The molecule has 1 atom stereocenters. The van der Waals surface area contributed by atoms with Crippen LogP contribution in [0.1, 0.15) is 24.1 Å². The molecule has 2 aromatic rings. The van der Waals surface area contributed by atoms with Crippen molar-refractivity contribution in [3.63, 3.8) is 0 Å². The third-order valence-electron chi connectivity index (χ3n) is 3.82. The number of carbonyl (C=O) groups excluding carboxylic acids is 1. The Hall–Kier alpha value is -2.89. The van der Waals surface area contributed by atoms with Gasteiger partial charge in [-0.05, 0) is 36.8 Å². The van der Waals surface area contributed by atoms with E-state index in [2.05, 4.69) is 5.32 Å². The fourth-order valence-corrected chi connectivity index (χ4v) is 2.49. The lowest BCUT2D eigenvalue weighted by atomic mass is 10.1. The third kappa shape index (κ3) is 3.96. The second kappa shape index (κ2) is 7.34. The smallest absolute Gasteiger partial charge is 0.244 e. The van der Waals surface area contributed by atoms with Crippen molar-refractivity contribution in [3.05, 3.63) is 65.2 Å². The summed E-state index contributed by atoms with van der Waals surface area (Å²) in [6.07, 6.45) is 2.41. The maximum Gasteiger partial charge on any atom is 0.244 e. The van der Waals surface area contributed by atoms with Crippen molar-refractivity contribution >= 4 is 12.0 Å². The summed E-state index contributed by atoms with van der Waals surface area (Å²) in [5.74, 6) is -1.03. The number of carbonyl (C=O) groups is 1. The van der Waals surface area contributed by atoms with Crippen molar-refractivity contribution in [1.29, 1.82) is 0 Å². The van der Waals surface area contributed by atoms with Crippen LogP contribution in [0.15, 0.2) is 42.5 Å². The Morgan fingerprint density at radius 3 is 2.72 bits per heavy atom. The molecule has 0 saturated carbocycles. The van der Waals surface area contributed by atoms with Crippen molar-refractivity contribution < 1.29 is 23.0 Å². The summed E-state index contributed by atoms with van der Waals surface area (Å²) in [7, 11) is 0. The maximum atomic E-state index is 13.6. The molecule has 1 aliphatic heterocycles. The molecule has 0 spiro atoms. The zero-order valence-electron chi connectivity index (χ0n) is 13.6. The first kappa shape index (κ1) is 17.0. The molecule has 1 N–H and O–H groups in total. The third-order valence-corrected chi connectivity index (χ3v) is 3.82. The summed E-state index contributed by atoms with van der Waals surface area (Å²) in [4.78, 5) is 12.0. The van der Waals surface area contributed by atoms with E-state index in [9.17, 15) is 13.6 Å². The number of benzene rings is 2. The minimum absolute atomic E-state index is 0.0159. The van der Waals surface area contributed by atoms with Crippen LogP contribution in [0, 0.1) is 11.6 Å². The Kier molecular flexibility index (Phi) is 4.97. The molecule has 25 heavy (non-hydrogen) atoms. The van der Waals surface area contributed by atoms with Gasteiger partial charge in [0.1, 0.15) is 13.2 Å². The molecular weight excluding hydrogens is 328 g/mol. The zero-order chi connectivity index (χ0) is 17.8. The van der Waals surface area contributed by atoms with Crippen LogP contribution in [0.4, 0.5) is 8.78 Å². The number of halogens is 2. The van der Waals surface area contributed by atoms with Crippen LogP contribution in [0.5, 0.6) is 11.5 Å². The number of rotatable bonds is 4. The SMILES string of the molecule is CC(NC(=O)/C=C/c1cccc(F)c1F)c1ccc2c(c1)OCCO2. The van der Waals surface area contributed by atoms with E-state index >= 15 is 0 Å². The Balaban J connectivity index is 1.66. The van der Waals surface area contributed by atoms with Gasteiger partial charge in [0.05, 0.1) is 6.04 Å². The van der Waals surface area contributed by atoms with Crippen LogP contribution < -0.4 is 14.8 Å². The van der Waals surface area contributed by atoms with E-state index < -0.39 is 17.5 Å². The lowest BCUT2D eigenvalue weighted by molar-refractivity contribution is -0.117. The number of amides is 1. The highest BCUT2D eigenvalue weighted by molar-refractivity contribution is 5.92. The molecule has 0 saturated heterocycles. The normalized spacial score (nSPS) is 14.4. The van der Waals surface area contributed by atoms with Gasteiger partial charge in [-0.15, -0.1) is 0 Å². The van der Waals surface area contributed by atoms with Gasteiger partial charge in [-0.25, -0.2) is 8.78 Å². The van der Waals surface area contributed by atoms with Crippen molar-refractivity contribution in [2.75, 3.05) is 13.2 Å². The van der Waals surface area contributed by atoms with E-state index in [4.69, 9.17) is 9.47 Å². The van der Waals surface area contributed by atoms with Gasteiger partial charge in [0.15, 0.2) is 23.1 Å². The number of fused-ring (bicyclic) bond motifs is 1. The average Bonchev–Trinajstić information content (AvgIpc) is 2.62. The van der Waals surface area contributed by atoms with Gasteiger partial charge in [0, 0.05) is 11.6 Å². The van der Waals surface area contributed by atoms with E-state index in [1.165, 1.54) is 24.3 Å². The van der Waals surface area contributed by atoms with Crippen molar-refractivity contribution in [2.45, 2.75) is 13.0 Å². The predicted octanol–water partition coefficient (Wildman–Crippen LogP) is 3.63. The predicted molar refractivity (Wildman–Crippen MR) is 89.4 cm³/mol. The number of nitrogens with one attached hydrogen (secondary N) is 1. The average molecular weight is 345 g/mol. The topological polar surface area (TPSA) is 47.6 Å². The first-order valence-electron chi connectivity index (χ1n) is 7.87. The molecule has 0 aliphatic carbocycles. The minimum Gasteiger partial charge on any atom is -0.486 e. The molecule has 130 valence electrons. The molecule has 0 fully saturated rings. The largest absolute Gasteiger partial charge is 0.486 e. The summed E-state index contributed by atoms with van der Waals surface area (Å²) in [5.41, 5.74) is 0.866. The summed E-state index contributed by atoms with van der Waals surface area (Å²) < 4.78 is 37.7. The van der Waals surface area contributed by atoms with Gasteiger partial charge in [0.2, 0.25) is 5.91 Å². The van der Waals surface area contributed by atoms with Gasteiger partial charge in [0.25, 0.3) is 0 Å². The van der Waals surface area contributed by atoms with Gasteiger partial charge in [-0.2, -0.15) is 0 Å². The highest BCUT2D eigenvalue weighted by Crippen LogP contribution is 2.32. The standard InChI is InChI=1S/C19H17F2NO3/c1-12(14-5-7-16-17(11-14)25-10-9-24-16)22-18(23)8-6-13-3-2-4-15(20)19(13)21/h2-8,11-12H,9-10H2,1H3,(H,22,23)/b8-6+. The Morgan fingerprint density at radius 1 is 1.16 bits per heavy atom. The first-order chi connectivity index (χ1) is 12.0. The van der Waals surface area contributed by atoms with Crippen LogP contribution in [0.25, 0.3) is 6.08 Å². The maximum absolute atomic E-state index is 13.6. The van der Waals surface area contributed by atoms with E-state index in [0.29, 0.717) is 24.7 Å². The van der Waals surface area contributed by atoms with Gasteiger partial charge >= 0.3 is 0 Å². The van der Waals surface area contributed by atoms with Crippen molar-refractivity contribution in [1.82, 2.24) is 5.32 Å². The second-order valence-electron chi connectivity index (χ2n) is 5.61. The molecule has 0 bridgehead atoms. The molecule has 1 aliphatic rings. The minimum atomic E-state index is -0.980. The molecule has 1 amide bonds. The second-order valence-corrected chi connectivity index (χ2v) is 5.61. The van der Waals surface area contributed by atoms with Crippen molar-refractivity contribution in [3.8, 4) is 11.5 Å². The Bertz CT molecular complexity index is 820. The summed E-state index contributed by atoms with van der Waals surface area (Å²) >= 11 is 0. The quantitative estimate of drug-likeness (QED) is 0.861. The molecule has 0 aromatic heterocycles. The zero-order valence-corrected chi connectivity index (χ0v) is 13.6. The molecule has 0 radical (unpaired) electrons. The summed E-state index contributed by atoms with van der Waals surface area (Å²) in [5, 5.41) is 2.77. The number of ether oxygens (including phenoxy) is 2. The Labute approximate surface area is 144 Å². The molecule has 3 rings (SSSR count). The van der Waals surface area contributed by atoms with E-state index in [-0.39, 0.29) is 11.6 Å². The van der Waals surface area contributed by atoms with E-state index in [1.807, 2.05) is 19.1 Å². The van der Waals surface area contributed by atoms with Crippen LogP contribution in [-0.2, 0) is 4.79 Å². The van der Waals surface area contributed by atoms with Gasteiger partial charge < -0.3 is 14.8 Å². The monoisotopic (exact) mass is 345 g/mol. The highest BCUT2D eigenvalue weighted by Gasteiger charge is 2.15. The molecule has 1 heterocycles. The van der Waals surface area contributed by atoms with Gasteiger partial charge in [-0.1, -0.05) is 18.2 Å². The molecule has 4 nitrogen and oxygen atoms in total. The molecule has 6 heteroatoms. The van der Waals surface area contributed by atoms with E-state index in [1.54, 1.807) is 6.07 Å².